The molecule has 0 unspecified atom stereocenters. The zero-order valence-corrected chi connectivity index (χ0v) is 11.6. The van der Waals surface area contributed by atoms with Crippen LogP contribution < -0.4 is 0 Å². The third kappa shape index (κ3) is 2.30. The third-order valence-electron chi connectivity index (χ3n) is 4.84. The number of hydrogen-bond acceptors (Lipinski definition) is 4. The summed E-state index contributed by atoms with van der Waals surface area (Å²) < 4.78 is 0. The predicted molar refractivity (Wildman–Crippen MR) is 74.1 cm³/mol. The Hall–Kier alpha value is -1.49. The number of likely N-dealkylation sites (tertiary alicyclic amines) is 2. The van der Waals surface area contributed by atoms with E-state index in [-0.39, 0.29) is 5.91 Å². The molecule has 0 spiro atoms. The Morgan fingerprint density at radius 2 is 1.90 bits per heavy atom. The molecular formula is C15H20N4O. The van der Waals surface area contributed by atoms with E-state index in [1.165, 1.54) is 32.5 Å². The van der Waals surface area contributed by atoms with Gasteiger partial charge in [-0.2, -0.15) is 0 Å². The van der Waals surface area contributed by atoms with E-state index in [4.69, 9.17) is 0 Å². The van der Waals surface area contributed by atoms with Crippen molar-refractivity contribution in [2.45, 2.75) is 12.8 Å². The van der Waals surface area contributed by atoms with Crippen molar-refractivity contribution in [1.82, 2.24) is 19.8 Å². The van der Waals surface area contributed by atoms with Crippen molar-refractivity contribution in [2.75, 3.05) is 32.7 Å². The van der Waals surface area contributed by atoms with Crippen molar-refractivity contribution in [3.8, 4) is 0 Å². The zero-order chi connectivity index (χ0) is 13.5. The highest BCUT2D eigenvalue weighted by atomic mass is 16.2. The highest BCUT2D eigenvalue weighted by Gasteiger charge is 2.42. The Kier molecular flexibility index (Phi) is 2.95. The SMILES string of the molecule is O=C(c1cnccn1)N1C[C@H]2CN(CC3CC3)C[C@H]2C1. The maximum Gasteiger partial charge on any atom is 0.274 e. The fourth-order valence-electron chi connectivity index (χ4n) is 3.64. The number of rotatable bonds is 3. The van der Waals surface area contributed by atoms with E-state index in [0.29, 0.717) is 17.5 Å². The van der Waals surface area contributed by atoms with Crippen molar-refractivity contribution in [2.24, 2.45) is 17.8 Å². The summed E-state index contributed by atoms with van der Waals surface area (Å²) in [7, 11) is 0. The first-order chi connectivity index (χ1) is 9.79. The van der Waals surface area contributed by atoms with E-state index in [9.17, 15) is 4.79 Å². The monoisotopic (exact) mass is 272 g/mol. The highest BCUT2D eigenvalue weighted by Crippen LogP contribution is 2.36. The van der Waals surface area contributed by atoms with Gasteiger partial charge < -0.3 is 9.80 Å². The van der Waals surface area contributed by atoms with Crippen LogP contribution in [0.15, 0.2) is 18.6 Å². The number of carbonyl (C=O) groups is 1. The third-order valence-corrected chi connectivity index (χ3v) is 4.84. The van der Waals surface area contributed by atoms with Crippen molar-refractivity contribution < 1.29 is 4.79 Å². The fraction of sp³-hybridized carbons (Fsp3) is 0.667. The summed E-state index contributed by atoms with van der Waals surface area (Å²) in [6, 6.07) is 0. The van der Waals surface area contributed by atoms with Crippen LogP contribution in [0.25, 0.3) is 0 Å². The van der Waals surface area contributed by atoms with Crippen LogP contribution in [-0.4, -0.2) is 58.4 Å². The Morgan fingerprint density at radius 1 is 1.15 bits per heavy atom. The lowest BCUT2D eigenvalue weighted by molar-refractivity contribution is 0.0767. The van der Waals surface area contributed by atoms with Gasteiger partial charge in [0.15, 0.2) is 0 Å². The molecule has 2 atom stereocenters. The van der Waals surface area contributed by atoms with Gasteiger partial charge in [-0.3, -0.25) is 9.78 Å². The molecule has 3 heterocycles. The molecule has 5 nitrogen and oxygen atoms in total. The average Bonchev–Trinajstić information content (AvgIpc) is 3.06. The summed E-state index contributed by atoms with van der Waals surface area (Å²) in [5, 5.41) is 0. The van der Waals surface area contributed by atoms with Crippen LogP contribution in [0.1, 0.15) is 23.3 Å². The minimum atomic E-state index is 0.0428. The van der Waals surface area contributed by atoms with Gasteiger partial charge in [-0.15, -0.1) is 0 Å². The number of amides is 1. The minimum Gasteiger partial charge on any atom is -0.337 e. The summed E-state index contributed by atoms with van der Waals surface area (Å²) in [6.07, 6.45) is 7.59. The first-order valence-corrected chi connectivity index (χ1v) is 7.57. The quantitative estimate of drug-likeness (QED) is 0.820. The van der Waals surface area contributed by atoms with Gasteiger partial charge in [-0.05, 0) is 30.6 Å². The standard InChI is InChI=1S/C15H20N4O/c20-15(14-5-16-3-4-17-14)19-9-12-7-18(6-11-1-2-11)8-13(12)10-19/h3-5,11-13H,1-2,6-10H2/t12-,13+. The molecule has 5 heteroatoms. The lowest BCUT2D eigenvalue weighted by atomic mass is 10.0. The molecule has 3 fully saturated rings. The zero-order valence-electron chi connectivity index (χ0n) is 11.6. The minimum absolute atomic E-state index is 0.0428. The number of nitrogens with zero attached hydrogens (tertiary/aromatic N) is 4. The molecule has 0 bridgehead atoms. The van der Waals surface area contributed by atoms with Gasteiger partial charge in [0.25, 0.3) is 5.91 Å². The van der Waals surface area contributed by atoms with Crippen LogP contribution in [0.2, 0.25) is 0 Å². The number of hydrogen-bond donors (Lipinski definition) is 0. The second-order valence-corrected chi connectivity index (χ2v) is 6.48. The Morgan fingerprint density at radius 3 is 2.50 bits per heavy atom. The molecular weight excluding hydrogens is 252 g/mol. The summed E-state index contributed by atoms with van der Waals surface area (Å²) in [4.78, 5) is 25.0. The van der Waals surface area contributed by atoms with E-state index in [2.05, 4.69) is 14.9 Å². The maximum atomic E-state index is 12.4. The van der Waals surface area contributed by atoms with Gasteiger partial charge >= 0.3 is 0 Å². The summed E-state index contributed by atoms with van der Waals surface area (Å²) >= 11 is 0. The molecule has 0 aromatic carbocycles. The molecule has 1 amide bonds. The van der Waals surface area contributed by atoms with Crippen molar-refractivity contribution in [1.29, 1.82) is 0 Å². The van der Waals surface area contributed by atoms with Crippen LogP contribution >= 0.6 is 0 Å². The maximum absolute atomic E-state index is 12.4. The molecule has 20 heavy (non-hydrogen) atoms. The largest absolute Gasteiger partial charge is 0.337 e. The van der Waals surface area contributed by atoms with Crippen molar-refractivity contribution in [3.05, 3.63) is 24.3 Å². The Labute approximate surface area is 119 Å². The molecule has 0 N–H and O–H groups in total. The molecule has 1 aromatic heterocycles. The molecule has 0 radical (unpaired) electrons. The van der Waals surface area contributed by atoms with Gasteiger partial charge in [-0.25, -0.2) is 4.98 Å². The first-order valence-electron chi connectivity index (χ1n) is 7.57. The fourth-order valence-corrected chi connectivity index (χ4v) is 3.64. The molecule has 1 aromatic rings. The van der Waals surface area contributed by atoms with Crippen LogP contribution in [0.3, 0.4) is 0 Å². The van der Waals surface area contributed by atoms with Crippen LogP contribution in [0, 0.1) is 17.8 Å². The topological polar surface area (TPSA) is 49.3 Å². The molecule has 2 saturated heterocycles. The van der Waals surface area contributed by atoms with Crippen LogP contribution in [0.5, 0.6) is 0 Å². The molecule has 2 aliphatic heterocycles. The number of carbonyl (C=O) groups excluding carboxylic acids is 1. The van der Waals surface area contributed by atoms with E-state index in [0.717, 1.165) is 19.0 Å². The Bertz CT molecular complexity index is 488. The van der Waals surface area contributed by atoms with Gasteiger partial charge in [0.2, 0.25) is 0 Å². The predicted octanol–water partition coefficient (Wildman–Crippen LogP) is 0.890. The molecule has 106 valence electrons. The first kappa shape index (κ1) is 12.3. The van der Waals surface area contributed by atoms with Gasteiger partial charge in [0.05, 0.1) is 6.20 Å². The molecule has 1 aliphatic carbocycles. The van der Waals surface area contributed by atoms with Gasteiger partial charge in [0, 0.05) is 45.1 Å². The smallest absolute Gasteiger partial charge is 0.274 e. The van der Waals surface area contributed by atoms with Crippen molar-refractivity contribution >= 4 is 5.91 Å². The average molecular weight is 272 g/mol. The van der Waals surface area contributed by atoms with Gasteiger partial charge in [0.1, 0.15) is 5.69 Å². The van der Waals surface area contributed by atoms with Crippen molar-refractivity contribution in [3.63, 3.8) is 0 Å². The van der Waals surface area contributed by atoms with Crippen LogP contribution in [-0.2, 0) is 0 Å². The second kappa shape index (κ2) is 4.81. The lowest BCUT2D eigenvalue weighted by Crippen LogP contribution is -2.34. The normalized spacial score (nSPS) is 29.7. The van der Waals surface area contributed by atoms with E-state index in [1.54, 1.807) is 18.6 Å². The second-order valence-electron chi connectivity index (χ2n) is 6.48. The summed E-state index contributed by atoms with van der Waals surface area (Å²) in [5.74, 6) is 2.33. The van der Waals surface area contributed by atoms with E-state index >= 15 is 0 Å². The summed E-state index contributed by atoms with van der Waals surface area (Å²) in [5.41, 5.74) is 0.474. The van der Waals surface area contributed by atoms with E-state index < -0.39 is 0 Å². The lowest BCUT2D eigenvalue weighted by Gasteiger charge is -2.21. The van der Waals surface area contributed by atoms with Crippen LogP contribution in [0.4, 0.5) is 0 Å². The molecule has 4 rings (SSSR count). The molecule has 1 saturated carbocycles. The Balaban J connectivity index is 1.37. The molecule has 3 aliphatic rings. The summed E-state index contributed by atoms with van der Waals surface area (Å²) in [6.45, 7) is 5.41. The highest BCUT2D eigenvalue weighted by molar-refractivity contribution is 5.92. The number of fused-ring (bicyclic) bond motifs is 1. The van der Waals surface area contributed by atoms with Gasteiger partial charge in [-0.1, -0.05) is 0 Å². The van der Waals surface area contributed by atoms with E-state index in [1.807, 2.05) is 4.90 Å². The number of aromatic nitrogens is 2.